The van der Waals surface area contributed by atoms with E-state index in [-0.39, 0.29) is 21.2 Å². The van der Waals surface area contributed by atoms with E-state index < -0.39 is 21.4 Å². The third kappa shape index (κ3) is 4.77. The summed E-state index contributed by atoms with van der Waals surface area (Å²) in [6.45, 7) is 0. The predicted octanol–water partition coefficient (Wildman–Crippen LogP) is 5.60. The molecule has 2 aromatic heterocycles. The summed E-state index contributed by atoms with van der Waals surface area (Å²) in [5.41, 5.74) is 0.701. The number of hydrogen-bond donors (Lipinski definition) is 0. The van der Waals surface area contributed by atoms with Crippen LogP contribution in [0.5, 0.6) is 0 Å². The van der Waals surface area contributed by atoms with Crippen LogP contribution in [0.2, 0.25) is 14.4 Å². The van der Waals surface area contributed by atoms with Gasteiger partial charge in [-0.3, -0.25) is 14.2 Å². The molecule has 0 aliphatic rings. The van der Waals surface area contributed by atoms with Crippen LogP contribution in [0.25, 0.3) is 16.5 Å². The molecular formula is C22H14Cl3NO4S2. The quantitative estimate of drug-likeness (QED) is 0.328. The number of pyridine rings is 1. The molecule has 5 nitrogen and oxygen atoms in total. The van der Waals surface area contributed by atoms with Crippen LogP contribution < -0.4 is 5.56 Å². The minimum absolute atomic E-state index is 0.0556. The van der Waals surface area contributed by atoms with E-state index in [1.54, 1.807) is 48.7 Å². The van der Waals surface area contributed by atoms with Crippen molar-refractivity contribution >= 4 is 72.5 Å². The maximum atomic E-state index is 12.9. The van der Waals surface area contributed by atoms with Gasteiger partial charge in [0.2, 0.25) is 0 Å². The maximum Gasteiger partial charge on any atom is 0.263 e. The Labute approximate surface area is 202 Å². The van der Waals surface area contributed by atoms with Crippen LogP contribution >= 0.6 is 46.1 Å². The number of aromatic nitrogens is 1. The van der Waals surface area contributed by atoms with Crippen molar-refractivity contribution < 1.29 is 13.2 Å². The number of halogens is 3. The first-order valence-corrected chi connectivity index (χ1v) is 12.8. The smallest absolute Gasteiger partial charge is 0.263 e. The minimum atomic E-state index is -3.75. The van der Waals surface area contributed by atoms with Gasteiger partial charge in [-0.25, -0.2) is 8.42 Å². The minimum Gasteiger partial charge on any atom is -0.298 e. The van der Waals surface area contributed by atoms with Crippen molar-refractivity contribution in [3.63, 3.8) is 0 Å². The largest absolute Gasteiger partial charge is 0.298 e. The SMILES string of the molecule is O=C(Cc1ccc(-n2ccc3ccc(Cl)cc3c2=O)c(Cl)c1)CS(=O)(=O)c1ccc(Cl)s1. The number of carbonyl (C=O) groups is 1. The van der Waals surface area contributed by atoms with Crippen LogP contribution in [-0.4, -0.2) is 24.5 Å². The lowest BCUT2D eigenvalue weighted by Crippen LogP contribution is -2.19. The summed E-state index contributed by atoms with van der Waals surface area (Å²) in [6, 6.07) is 14.5. The highest BCUT2D eigenvalue weighted by molar-refractivity contribution is 7.94. The van der Waals surface area contributed by atoms with E-state index in [9.17, 15) is 18.0 Å². The van der Waals surface area contributed by atoms with Crippen LogP contribution in [0.1, 0.15) is 5.56 Å². The second-order valence-electron chi connectivity index (χ2n) is 7.04. The second kappa shape index (κ2) is 9.00. The summed E-state index contributed by atoms with van der Waals surface area (Å²) >= 11 is 19.1. The molecule has 2 aromatic carbocycles. The standard InChI is InChI=1S/C22H14Cl3NO4S2/c23-15-3-2-14-7-8-26(22(28)17(14)11-15)19-4-1-13(10-18(19)24)9-16(27)12-32(29,30)21-6-5-20(25)31-21/h1-8,10-11H,9,12H2. The Bertz CT molecular complexity index is 1520. The van der Waals surface area contributed by atoms with Crippen molar-refractivity contribution in [1.82, 2.24) is 4.57 Å². The number of thiophene rings is 1. The Kier molecular flexibility index (Phi) is 6.47. The lowest BCUT2D eigenvalue weighted by atomic mass is 10.1. The Morgan fingerprint density at radius 1 is 0.969 bits per heavy atom. The molecule has 0 N–H and O–H groups in total. The van der Waals surface area contributed by atoms with Gasteiger partial charge in [-0.15, -0.1) is 11.3 Å². The molecule has 0 saturated heterocycles. The van der Waals surface area contributed by atoms with Crippen molar-refractivity contribution in [2.24, 2.45) is 0 Å². The first kappa shape index (κ1) is 23.0. The fourth-order valence-electron chi connectivity index (χ4n) is 3.28. The summed E-state index contributed by atoms with van der Waals surface area (Å²) < 4.78 is 26.5. The highest BCUT2D eigenvalue weighted by Crippen LogP contribution is 2.27. The highest BCUT2D eigenvalue weighted by atomic mass is 35.5. The average Bonchev–Trinajstić information content (AvgIpc) is 3.16. The van der Waals surface area contributed by atoms with E-state index in [1.807, 2.05) is 0 Å². The fraction of sp³-hybridized carbons (Fsp3) is 0.0909. The van der Waals surface area contributed by atoms with Crippen LogP contribution in [0.15, 0.2) is 69.8 Å². The number of hydrogen-bond acceptors (Lipinski definition) is 5. The van der Waals surface area contributed by atoms with Gasteiger partial charge in [0.1, 0.15) is 9.96 Å². The fourth-order valence-corrected chi connectivity index (χ4v) is 6.56. The molecule has 10 heteroatoms. The van der Waals surface area contributed by atoms with E-state index in [0.29, 0.717) is 26.0 Å². The van der Waals surface area contributed by atoms with E-state index in [0.717, 1.165) is 16.7 Å². The number of Topliss-reactive ketones (excluding diaryl/α,β-unsaturated/α-hetero) is 1. The molecule has 0 spiro atoms. The van der Waals surface area contributed by atoms with Crippen LogP contribution in [0.3, 0.4) is 0 Å². The number of benzene rings is 2. The third-order valence-corrected chi connectivity index (χ3v) is 8.77. The molecule has 0 atom stereocenters. The van der Waals surface area contributed by atoms with Gasteiger partial charge in [0.25, 0.3) is 5.56 Å². The number of sulfone groups is 1. The molecule has 0 aliphatic heterocycles. The molecule has 0 unspecified atom stereocenters. The molecule has 0 saturated carbocycles. The maximum absolute atomic E-state index is 12.9. The topological polar surface area (TPSA) is 73.2 Å². The summed E-state index contributed by atoms with van der Waals surface area (Å²) in [7, 11) is -3.75. The average molecular weight is 527 g/mol. The van der Waals surface area contributed by atoms with E-state index in [4.69, 9.17) is 34.8 Å². The predicted molar refractivity (Wildman–Crippen MR) is 130 cm³/mol. The number of ketones is 1. The van der Waals surface area contributed by atoms with Gasteiger partial charge in [0, 0.05) is 23.0 Å². The van der Waals surface area contributed by atoms with Gasteiger partial charge in [0.05, 0.1) is 15.0 Å². The van der Waals surface area contributed by atoms with Gasteiger partial charge in [-0.05, 0) is 53.4 Å². The molecule has 4 aromatic rings. The summed E-state index contributed by atoms with van der Waals surface area (Å²) in [5.74, 6) is -1.11. The van der Waals surface area contributed by atoms with Crippen molar-refractivity contribution in [2.75, 3.05) is 5.75 Å². The molecule has 0 amide bonds. The Balaban J connectivity index is 1.58. The Morgan fingerprint density at radius 2 is 1.75 bits per heavy atom. The second-order valence-corrected chi connectivity index (χ2v) is 11.8. The molecule has 0 fully saturated rings. The molecular weight excluding hydrogens is 513 g/mol. The van der Waals surface area contributed by atoms with Crippen LogP contribution in [0.4, 0.5) is 0 Å². The summed E-state index contributed by atoms with van der Waals surface area (Å²) in [6.07, 6.45) is 1.50. The molecule has 0 aliphatic carbocycles. The molecule has 164 valence electrons. The molecule has 2 heterocycles. The van der Waals surface area contributed by atoms with Gasteiger partial charge < -0.3 is 0 Å². The lowest BCUT2D eigenvalue weighted by Gasteiger charge is -2.11. The summed E-state index contributed by atoms with van der Waals surface area (Å²) in [4.78, 5) is 25.3. The zero-order valence-electron chi connectivity index (χ0n) is 16.2. The van der Waals surface area contributed by atoms with Crippen LogP contribution in [-0.2, 0) is 21.1 Å². The van der Waals surface area contributed by atoms with E-state index >= 15 is 0 Å². The number of carbonyl (C=O) groups excluding carboxylic acids is 1. The first-order chi connectivity index (χ1) is 15.1. The van der Waals surface area contributed by atoms with Gasteiger partial charge >= 0.3 is 0 Å². The molecule has 4 rings (SSSR count). The molecule has 0 bridgehead atoms. The lowest BCUT2D eigenvalue weighted by molar-refractivity contribution is -0.116. The number of fused-ring (bicyclic) bond motifs is 1. The van der Waals surface area contributed by atoms with E-state index in [1.165, 1.54) is 16.7 Å². The number of nitrogens with zero attached hydrogens (tertiary/aromatic N) is 1. The molecule has 0 radical (unpaired) electrons. The van der Waals surface area contributed by atoms with Crippen molar-refractivity contribution in [3.8, 4) is 5.69 Å². The van der Waals surface area contributed by atoms with Gasteiger partial charge in [0.15, 0.2) is 15.6 Å². The highest BCUT2D eigenvalue weighted by Gasteiger charge is 2.21. The van der Waals surface area contributed by atoms with Crippen molar-refractivity contribution in [3.05, 3.63) is 91.1 Å². The molecule has 32 heavy (non-hydrogen) atoms. The zero-order valence-corrected chi connectivity index (χ0v) is 20.1. The zero-order chi connectivity index (χ0) is 23.0. The van der Waals surface area contributed by atoms with E-state index in [2.05, 4.69) is 0 Å². The van der Waals surface area contributed by atoms with Crippen molar-refractivity contribution in [2.45, 2.75) is 10.6 Å². The van der Waals surface area contributed by atoms with Gasteiger partial charge in [-0.2, -0.15) is 0 Å². The van der Waals surface area contributed by atoms with Gasteiger partial charge in [-0.1, -0.05) is 46.9 Å². The number of rotatable bonds is 6. The Morgan fingerprint density at radius 3 is 2.44 bits per heavy atom. The normalized spacial score (nSPS) is 11.7. The third-order valence-electron chi connectivity index (χ3n) is 4.75. The summed E-state index contributed by atoms with van der Waals surface area (Å²) in [5, 5.41) is 1.91. The Hall–Kier alpha value is -2.16. The monoisotopic (exact) mass is 525 g/mol. The first-order valence-electron chi connectivity index (χ1n) is 9.23. The van der Waals surface area contributed by atoms with Crippen molar-refractivity contribution in [1.29, 1.82) is 0 Å². The van der Waals surface area contributed by atoms with Crippen LogP contribution in [0, 0.1) is 0 Å².